The lowest BCUT2D eigenvalue weighted by Gasteiger charge is -2.33. The van der Waals surface area contributed by atoms with E-state index in [1.807, 2.05) is 43.0 Å². The van der Waals surface area contributed by atoms with E-state index < -0.39 is 23.6 Å². The average molecular weight is 561 g/mol. The number of amides is 2. The Morgan fingerprint density at radius 1 is 1.12 bits per heavy atom. The molecule has 1 aliphatic rings. The summed E-state index contributed by atoms with van der Waals surface area (Å²) in [6, 6.07) is 10.6. The number of piperidine rings is 1. The maximum atomic E-state index is 12.3. The minimum Gasteiger partial charge on any atom is -0.478 e. The van der Waals surface area contributed by atoms with Gasteiger partial charge in [-0.05, 0) is 87.9 Å². The number of alkyl carbamates (subject to hydrolysis) is 1. The first-order valence-electron chi connectivity index (χ1n) is 13.4. The van der Waals surface area contributed by atoms with Crippen LogP contribution in [-0.2, 0) is 4.74 Å². The molecule has 1 aromatic heterocycles. The van der Waals surface area contributed by atoms with Crippen LogP contribution >= 0.6 is 0 Å². The largest absolute Gasteiger partial charge is 0.478 e. The summed E-state index contributed by atoms with van der Waals surface area (Å²) in [6.45, 7) is 10.4. The molecule has 11 nitrogen and oxygen atoms in total. The third-order valence-corrected chi connectivity index (χ3v) is 6.68. The van der Waals surface area contributed by atoms with E-state index in [-0.39, 0.29) is 23.0 Å². The number of hydrogen-bond donors (Lipinski definition) is 4. The fraction of sp³-hybridized carbons (Fsp3) is 0.367. The van der Waals surface area contributed by atoms with Gasteiger partial charge >= 0.3 is 12.1 Å². The number of ether oxygens (including phenoxy) is 1. The van der Waals surface area contributed by atoms with E-state index in [1.54, 1.807) is 26.8 Å². The number of anilines is 3. The predicted octanol–water partition coefficient (Wildman–Crippen LogP) is 4.79. The zero-order valence-electron chi connectivity index (χ0n) is 23.9. The molecule has 11 heteroatoms. The van der Waals surface area contributed by atoms with Crippen LogP contribution < -0.4 is 21.3 Å². The van der Waals surface area contributed by atoms with Crippen molar-refractivity contribution >= 4 is 35.4 Å². The van der Waals surface area contributed by atoms with Crippen molar-refractivity contribution in [2.24, 2.45) is 5.73 Å². The minimum absolute atomic E-state index is 0.0588. The van der Waals surface area contributed by atoms with Gasteiger partial charge in [-0.25, -0.2) is 14.6 Å². The lowest BCUT2D eigenvalue weighted by Crippen LogP contribution is -2.49. The van der Waals surface area contributed by atoms with Gasteiger partial charge in [0, 0.05) is 31.0 Å². The number of carboxylic acids is 1. The molecular weight excluding hydrogens is 524 g/mol. The predicted molar refractivity (Wildman–Crippen MR) is 157 cm³/mol. The number of primary amides is 1. The molecule has 1 fully saturated rings. The molecule has 0 unspecified atom stereocenters. The van der Waals surface area contributed by atoms with Gasteiger partial charge in [0.1, 0.15) is 17.0 Å². The van der Waals surface area contributed by atoms with E-state index in [1.165, 1.54) is 12.3 Å². The third-order valence-electron chi connectivity index (χ3n) is 6.68. The smallest absolute Gasteiger partial charge is 0.407 e. The first kappa shape index (κ1) is 29.3. The van der Waals surface area contributed by atoms with Crippen LogP contribution in [0.25, 0.3) is 11.1 Å². The molecule has 0 spiro atoms. The third kappa shape index (κ3) is 7.30. The number of carboxylic acid groups (broad SMARTS) is 1. The first-order valence-corrected chi connectivity index (χ1v) is 13.4. The number of benzene rings is 2. The van der Waals surface area contributed by atoms with Crippen molar-refractivity contribution in [1.29, 1.82) is 0 Å². The highest BCUT2D eigenvalue weighted by Gasteiger charge is 2.26. The Balaban J connectivity index is 1.65. The standard InChI is InChI=1S/C30H36N6O5/c1-17-8-6-9-18(2)24(17)19-12-20(27(38)39)14-22(13-19)33-26-23(25(31)37)15-32-28(35-26)36-11-7-10-21(16-36)34-29(40)41-30(3,4)5/h6,8-9,12-15,21H,7,10-11,16H2,1-5H3,(H2,31,37)(H,34,40)(H,38,39)(H,32,33,35)/t21-/m0/s1. The summed E-state index contributed by atoms with van der Waals surface area (Å²) in [6.07, 6.45) is 2.41. The fourth-order valence-corrected chi connectivity index (χ4v) is 4.93. The molecule has 0 radical (unpaired) electrons. The molecule has 1 atom stereocenters. The Labute approximate surface area is 239 Å². The van der Waals surface area contributed by atoms with E-state index in [9.17, 15) is 19.5 Å². The number of nitrogens with zero attached hydrogens (tertiary/aromatic N) is 3. The fourth-order valence-electron chi connectivity index (χ4n) is 4.93. The Hall–Kier alpha value is -4.67. The van der Waals surface area contributed by atoms with Crippen LogP contribution in [0.15, 0.2) is 42.6 Å². The molecule has 1 saturated heterocycles. The summed E-state index contributed by atoms with van der Waals surface area (Å²) in [5.74, 6) is -1.32. The number of aromatic carboxylic acids is 1. The van der Waals surface area contributed by atoms with Crippen molar-refractivity contribution in [3.63, 3.8) is 0 Å². The number of rotatable bonds is 7. The van der Waals surface area contributed by atoms with Crippen LogP contribution in [0.4, 0.5) is 22.2 Å². The van der Waals surface area contributed by atoms with Gasteiger partial charge in [-0.3, -0.25) is 4.79 Å². The van der Waals surface area contributed by atoms with Crippen LogP contribution in [0.3, 0.4) is 0 Å². The summed E-state index contributed by atoms with van der Waals surface area (Å²) < 4.78 is 5.39. The maximum absolute atomic E-state index is 12.3. The van der Waals surface area contributed by atoms with Gasteiger partial charge in [-0.2, -0.15) is 4.98 Å². The highest BCUT2D eigenvalue weighted by atomic mass is 16.6. The molecular formula is C30H36N6O5. The SMILES string of the molecule is Cc1cccc(C)c1-c1cc(Nc2nc(N3CCC[C@H](NC(=O)OC(C)(C)C)C3)ncc2C(N)=O)cc(C(=O)O)c1. The summed E-state index contributed by atoms with van der Waals surface area (Å²) in [7, 11) is 0. The lowest BCUT2D eigenvalue weighted by atomic mass is 9.94. The topological polar surface area (TPSA) is 160 Å². The second-order valence-corrected chi connectivity index (χ2v) is 11.2. The van der Waals surface area contributed by atoms with E-state index in [0.29, 0.717) is 30.3 Å². The highest BCUT2D eigenvalue weighted by Crippen LogP contribution is 2.32. The monoisotopic (exact) mass is 560 g/mol. The molecule has 0 bridgehead atoms. The van der Waals surface area contributed by atoms with Gasteiger partial charge in [-0.15, -0.1) is 0 Å². The lowest BCUT2D eigenvalue weighted by molar-refractivity contribution is 0.0499. The molecule has 4 rings (SSSR count). The Bertz CT molecular complexity index is 1460. The molecule has 2 heterocycles. The number of hydrogen-bond acceptors (Lipinski definition) is 8. The molecule has 5 N–H and O–H groups in total. The zero-order valence-corrected chi connectivity index (χ0v) is 23.9. The summed E-state index contributed by atoms with van der Waals surface area (Å²) in [5.41, 5.74) is 9.23. The Morgan fingerprint density at radius 3 is 2.46 bits per heavy atom. The van der Waals surface area contributed by atoms with Gasteiger partial charge in [0.2, 0.25) is 5.95 Å². The van der Waals surface area contributed by atoms with Gasteiger partial charge < -0.3 is 31.1 Å². The quantitative estimate of drug-likeness (QED) is 0.318. The van der Waals surface area contributed by atoms with Crippen molar-refractivity contribution in [2.75, 3.05) is 23.3 Å². The molecule has 41 heavy (non-hydrogen) atoms. The number of aryl methyl sites for hydroxylation is 2. The second kappa shape index (κ2) is 11.8. The number of carbonyl (C=O) groups excluding carboxylic acids is 2. The van der Waals surface area contributed by atoms with Crippen molar-refractivity contribution in [1.82, 2.24) is 15.3 Å². The van der Waals surface area contributed by atoms with Gasteiger partial charge in [0.05, 0.1) is 5.56 Å². The van der Waals surface area contributed by atoms with Gasteiger partial charge in [-0.1, -0.05) is 18.2 Å². The first-order chi connectivity index (χ1) is 19.3. The molecule has 0 aliphatic carbocycles. The normalized spacial score (nSPS) is 15.2. The van der Waals surface area contributed by atoms with E-state index in [0.717, 1.165) is 29.5 Å². The Morgan fingerprint density at radius 2 is 1.83 bits per heavy atom. The second-order valence-electron chi connectivity index (χ2n) is 11.2. The molecule has 3 aromatic rings. The van der Waals surface area contributed by atoms with Crippen molar-refractivity contribution < 1.29 is 24.2 Å². The van der Waals surface area contributed by atoms with Crippen LogP contribution in [0, 0.1) is 13.8 Å². The summed E-state index contributed by atoms with van der Waals surface area (Å²) in [5, 5.41) is 15.8. The minimum atomic E-state index is -1.09. The summed E-state index contributed by atoms with van der Waals surface area (Å²) in [4.78, 5) is 47.5. The van der Waals surface area contributed by atoms with Crippen LogP contribution in [-0.4, -0.2) is 57.8 Å². The van der Waals surface area contributed by atoms with Gasteiger partial charge in [0.15, 0.2) is 0 Å². The van der Waals surface area contributed by atoms with E-state index in [4.69, 9.17) is 10.5 Å². The maximum Gasteiger partial charge on any atom is 0.407 e. The van der Waals surface area contributed by atoms with Gasteiger partial charge in [0.25, 0.3) is 5.91 Å². The highest BCUT2D eigenvalue weighted by molar-refractivity contribution is 5.98. The van der Waals surface area contributed by atoms with E-state index >= 15 is 0 Å². The molecule has 2 aromatic carbocycles. The number of nitrogens with two attached hydrogens (primary N) is 1. The molecule has 2 amide bonds. The zero-order chi connectivity index (χ0) is 29.9. The number of carbonyl (C=O) groups is 3. The van der Waals surface area contributed by atoms with Crippen molar-refractivity contribution in [2.45, 2.75) is 59.1 Å². The molecule has 1 aliphatic heterocycles. The van der Waals surface area contributed by atoms with Crippen LogP contribution in [0.2, 0.25) is 0 Å². The van der Waals surface area contributed by atoms with E-state index in [2.05, 4.69) is 20.6 Å². The Kier molecular flexibility index (Phi) is 8.46. The molecule has 216 valence electrons. The summed E-state index contributed by atoms with van der Waals surface area (Å²) >= 11 is 0. The van der Waals surface area contributed by atoms with Crippen molar-refractivity contribution in [3.05, 3.63) is 64.8 Å². The van der Waals surface area contributed by atoms with Crippen molar-refractivity contribution in [3.8, 4) is 11.1 Å². The number of nitrogens with one attached hydrogen (secondary N) is 2. The van der Waals surface area contributed by atoms with Crippen LogP contribution in [0.1, 0.15) is 65.5 Å². The molecule has 0 saturated carbocycles. The average Bonchev–Trinajstić information content (AvgIpc) is 2.87. The van der Waals surface area contributed by atoms with Crippen LogP contribution in [0.5, 0.6) is 0 Å². The number of aromatic nitrogens is 2.